The third kappa shape index (κ3) is 20.7. The first-order valence-electron chi connectivity index (χ1n) is 23.6. The highest BCUT2D eigenvalue weighted by Gasteiger charge is 2.34. The van der Waals surface area contributed by atoms with E-state index in [4.69, 9.17) is 38.3 Å². The minimum absolute atomic E-state index is 0.259. The molecule has 4 rings (SSSR count). The van der Waals surface area contributed by atoms with Crippen molar-refractivity contribution in [1.82, 2.24) is 0 Å². The van der Waals surface area contributed by atoms with E-state index in [1.54, 1.807) is 30.3 Å². The molecule has 12 heteroatoms. The Labute approximate surface area is 413 Å². The number of unbranched alkanes of at least 4 members (excludes halogenated alkanes) is 7. The molecule has 68 heavy (non-hydrogen) atoms. The summed E-state index contributed by atoms with van der Waals surface area (Å²) in [5.74, 6) is 17.4. The zero-order chi connectivity index (χ0) is 49.3. The number of carbonyl (C=O) groups excluding carboxylic acids is 1. The lowest BCUT2D eigenvalue weighted by molar-refractivity contribution is 0.0730. The second-order valence-corrected chi connectivity index (χ2v) is 32.1. The van der Waals surface area contributed by atoms with Gasteiger partial charge in [-0.05, 0) is 160 Å². The van der Waals surface area contributed by atoms with Crippen LogP contribution in [0.3, 0.4) is 0 Å². The predicted octanol–water partition coefficient (Wildman–Crippen LogP) is 13.6. The fourth-order valence-electron chi connectivity index (χ4n) is 7.21. The maximum absolute atomic E-state index is 13.6. The van der Waals surface area contributed by atoms with Gasteiger partial charge in [0.1, 0.15) is 46.2 Å². The lowest BCUT2D eigenvalue weighted by Gasteiger charge is -2.35. The molecule has 8 nitrogen and oxygen atoms in total. The van der Waals surface area contributed by atoms with Crippen LogP contribution in [-0.2, 0) is 8.23 Å². The van der Waals surface area contributed by atoms with Gasteiger partial charge in [-0.15, -0.1) is 6.42 Å². The molecular weight excluding hydrogens is 913 g/mol. The maximum atomic E-state index is 13.6. The van der Waals surface area contributed by atoms with E-state index in [-0.39, 0.29) is 5.56 Å². The smallest absolute Gasteiger partial charge is 0.347 e. The van der Waals surface area contributed by atoms with E-state index in [0.29, 0.717) is 35.4 Å². The molecule has 0 N–H and O–H groups in total. The van der Waals surface area contributed by atoms with Crippen LogP contribution in [0.25, 0.3) is 16.9 Å². The van der Waals surface area contributed by atoms with Gasteiger partial charge in [0.2, 0.25) is 10.5 Å². The lowest BCUT2D eigenvalue weighted by atomic mass is 10.1. The van der Waals surface area contributed by atoms with E-state index < -0.39 is 30.9 Å². The Morgan fingerprint density at radius 2 is 1.12 bits per heavy atom. The predicted molar refractivity (Wildman–Crippen MR) is 285 cm³/mol. The molecule has 355 valence electrons. The number of hydrogen-bond donors (Lipinski definition) is 0. The molecule has 0 bridgehead atoms. The quantitative estimate of drug-likeness (QED) is 0.0139. The molecule has 0 heterocycles. The van der Waals surface area contributed by atoms with Crippen LogP contribution in [-0.4, -0.2) is 54.6 Å². The van der Waals surface area contributed by atoms with Crippen molar-refractivity contribution < 1.29 is 36.7 Å². The van der Waals surface area contributed by atoms with Crippen LogP contribution in [0.2, 0.25) is 57.4 Å². The molecule has 0 aliphatic carbocycles. The molecule has 0 aromatic heterocycles. The van der Waals surface area contributed by atoms with Crippen molar-refractivity contribution in [3.63, 3.8) is 0 Å². The van der Waals surface area contributed by atoms with Gasteiger partial charge in [-0.1, -0.05) is 82.7 Å². The molecule has 0 fully saturated rings. The average molecular weight is 980 g/mol. The van der Waals surface area contributed by atoms with Gasteiger partial charge in [-0.3, -0.25) is 0 Å². The van der Waals surface area contributed by atoms with E-state index in [1.807, 2.05) is 60.7 Å². The summed E-state index contributed by atoms with van der Waals surface area (Å²) >= 11 is 0. The summed E-state index contributed by atoms with van der Waals surface area (Å²) in [5.41, 5.74) is 3.06. The Morgan fingerprint density at radius 1 is 0.588 bits per heavy atom. The second-order valence-electron chi connectivity index (χ2n) is 18.4. The summed E-state index contributed by atoms with van der Waals surface area (Å²) in [7, 11) is -2.11. The molecule has 0 atom stereocenters. The number of ether oxygens (including phenoxy) is 5. The maximum Gasteiger partial charge on any atom is 0.347 e. The van der Waals surface area contributed by atoms with E-state index in [9.17, 15) is 4.79 Å². The largest absolute Gasteiger partial charge is 0.494 e. The Hall–Kier alpha value is -5.68. The fraction of sp³-hybridized carbons (Fsp3) is 0.375. The minimum atomic E-state index is -1.86. The summed E-state index contributed by atoms with van der Waals surface area (Å²) in [6.45, 7) is 21.2. The first kappa shape index (κ1) is 54.9. The highest BCUT2D eigenvalue weighted by Crippen LogP contribution is 2.31. The van der Waals surface area contributed by atoms with Crippen LogP contribution in [0.1, 0.15) is 80.6 Å². The van der Waals surface area contributed by atoms with Crippen molar-refractivity contribution in [2.45, 2.75) is 122 Å². The standard InChI is InChI=1S/C56H67O8Si4/c1-10-12-14-16-18-21-39-58-50-31-25-47(26-32-50)46(3)61-51-33-27-48(28-34-51)49-29-35-52(36-30-49)62-56(57)54-38-37-53(59-40-22-19-17-15-13-11-2)45-55(54)60-41-23-20-24-42-67(6,7)64-68(8,9)44-43-66(4,5)63-65/h2,25-38,45H,3,10,12,14,16,18,20-21,23-24,39,41-44H2,1,4-9H3. The zero-order valence-electron chi connectivity index (χ0n) is 41.1. The molecule has 0 aliphatic heterocycles. The molecule has 0 spiro atoms. The van der Waals surface area contributed by atoms with Crippen molar-refractivity contribution in [2.24, 2.45) is 0 Å². The number of carbonyl (C=O) groups is 1. The van der Waals surface area contributed by atoms with Crippen LogP contribution in [0, 0.1) is 48.1 Å². The molecule has 0 aliphatic rings. The molecule has 0 saturated carbocycles. The zero-order valence-corrected chi connectivity index (χ0v) is 45.1. The number of benzene rings is 4. The van der Waals surface area contributed by atoms with Crippen molar-refractivity contribution in [1.29, 1.82) is 0 Å². The fourth-order valence-corrected chi connectivity index (χ4v) is 20.3. The first-order chi connectivity index (χ1) is 32.6. The lowest BCUT2D eigenvalue weighted by Crippen LogP contribution is -2.45. The van der Waals surface area contributed by atoms with Gasteiger partial charge in [0.25, 0.3) is 0 Å². The van der Waals surface area contributed by atoms with E-state index in [0.717, 1.165) is 72.9 Å². The highest BCUT2D eigenvalue weighted by atomic mass is 28.4. The number of terminal acetylenes is 1. The van der Waals surface area contributed by atoms with Gasteiger partial charge in [0.05, 0.1) is 13.2 Å². The van der Waals surface area contributed by atoms with E-state index in [2.05, 4.69) is 105 Å². The van der Waals surface area contributed by atoms with Gasteiger partial charge in [-0.2, -0.15) is 0 Å². The van der Waals surface area contributed by atoms with Crippen molar-refractivity contribution in [2.75, 3.05) is 13.2 Å². The number of esters is 1. The number of hydrogen-bond acceptors (Lipinski definition) is 8. The average Bonchev–Trinajstić information content (AvgIpc) is 3.32. The minimum Gasteiger partial charge on any atom is -0.494 e. The van der Waals surface area contributed by atoms with Crippen LogP contribution >= 0.6 is 0 Å². The van der Waals surface area contributed by atoms with Crippen molar-refractivity contribution in [3.8, 4) is 87.9 Å². The van der Waals surface area contributed by atoms with Gasteiger partial charge < -0.3 is 31.9 Å². The normalized spacial score (nSPS) is 11.0. The van der Waals surface area contributed by atoms with Crippen LogP contribution < -0.4 is 23.7 Å². The summed E-state index contributed by atoms with van der Waals surface area (Å²) in [6, 6.07) is 31.1. The van der Waals surface area contributed by atoms with E-state index >= 15 is 0 Å². The molecule has 0 saturated heterocycles. The molecular formula is C56H67O8Si4. The van der Waals surface area contributed by atoms with E-state index in [1.165, 1.54) is 32.1 Å². The molecule has 4 aromatic rings. The van der Waals surface area contributed by atoms with Crippen LogP contribution in [0.5, 0.6) is 28.7 Å². The highest BCUT2D eigenvalue weighted by molar-refractivity contribution is 6.86. The van der Waals surface area contributed by atoms with Gasteiger partial charge >= 0.3 is 5.97 Å². The van der Waals surface area contributed by atoms with Crippen molar-refractivity contribution in [3.05, 3.63) is 109 Å². The Bertz CT molecular complexity index is 2460. The SMILES string of the molecule is C#CC#CC#CC#COc1ccc(C(=O)Oc2ccc(-c3ccc(OC(=C)c4ccc(OCCCCCCCC)cc4)cc3)cc2)c(OCCCCC[Si](C)(C)O[Si](C)(C)CC[Si](C)(C)O[Si])c1. The topological polar surface area (TPSA) is 81.7 Å². The third-order valence-electron chi connectivity index (χ3n) is 11.0. The Morgan fingerprint density at radius 3 is 1.76 bits per heavy atom. The molecule has 0 unspecified atom stereocenters. The first-order valence-corrected chi connectivity index (χ1v) is 33.3. The number of rotatable bonds is 28. The molecule has 0 amide bonds. The summed E-state index contributed by atoms with van der Waals surface area (Å²) in [5, 5.41) is 0. The summed E-state index contributed by atoms with van der Waals surface area (Å²) in [4.78, 5) is 13.6. The Kier molecular flexibility index (Phi) is 23.1. The Balaban J connectivity index is 1.32. The van der Waals surface area contributed by atoms with Crippen LogP contribution in [0.4, 0.5) is 0 Å². The van der Waals surface area contributed by atoms with Gasteiger partial charge in [-0.25, -0.2) is 4.79 Å². The van der Waals surface area contributed by atoms with Crippen molar-refractivity contribution >= 4 is 47.2 Å². The van der Waals surface area contributed by atoms with Crippen LogP contribution in [0.15, 0.2) is 97.6 Å². The summed E-state index contributed by atoms with van der Waals surface area (Å²) < 4.78 is 42.1. The monoisotopic (exact) mass is 979 g/mol. The molecule has 3 radical (unpaired) electrons. The van der Waals surface area contributed by atoms with Gasteiger partial charge in [0, 0.05) is 29.4 Å². The van der Waals surface area contributed by atoms with Gasteiger partial charge in [0.15, 0.2) is 25.0 Å². The summed E-state index contributed by atoms with van der Waals surface area (Å²) in [6.07, 6.45) is 17.8. The second kappa shape index (κ2) is 28.6. The third-order valence-corrected chi connectivity index (χ3v) is 22.6. The molecule has 4 aromatic carbocycles.